The Bertz CT molecular complexity index is 612. The molecule has 4 heteroatoms. The third-order valence-electron chi connectivity index (χ3n) is 5.55. The Hall–Kier alpha value is -1.84. The molecular weight excluding hydrogens is 324 g/mol. The normalized spacial score (nSPS) is 18.2. The minimum absolute atomic E-state index is 0.102. The van der Waals surface area contributed by atoms with Crippen molar-refractivity contribution in [2.75, 3.05) is 13.1 Å². The predicted molar refractivity (Wildman–Crippen MR) is 104 cm³/mol. The van der Waals surface area contributed by atoms with Gasteiger partial charge in [0.2, 0.25) is 11.8 Å². The smallest absolute Gasteiger partial charge is 0.225 e. The molecule has 0 unspecified atom stereocenters. The quantitative estimate of drug-likeness (QED) is 0.815. The molecule has 1 aliphatic carbocycles. The molecule has 4 nitrogen and oxygen atoms in total. The van der Waals surface area contributed by atoms with Crippen molar-refractivity contribution in [2.24, 2.45) is 11.8 Å². The summed E-state index contributed by atoms with van der Waals surface area (Å²) in [6, 6.07) is 9.19. The number of carbonyl (C=O) groups excluding carboxylic acids is 2. The summed E-state index contributed by atoms with van der Waals surface area (Å²) in [5.41, 5.74) is 2.60. The highest BCUT2D eigenvalue weighted by molar-refractivity contribution is 5.78. The second-order valence-corrected chi connectivity index (χ2v) is 8.29. The van der Waals surface area contributed by atoms with Crippen molar-refractivity contribution >= 4 is 11.8 Å². The van der Waals surface area contributed by atoms with Crippen LogP contribution >= 0.6 is 0 Å². The zero-order valence-electron chi connectivity index (χ0n) is 16.2. The Balaban J connectivity index is 1.40. The van der Waals surface area contributed by atoms with Crippen LogP contribution in [-0.2, 0) is 22.4 Å². The highest BCUT2D eigenvalue weighted by Crippen LogP contribution is 2.23. The van der Waals surface area contributed by atoms with Gasteiger partial charge in [0.1, 0.15) is 0 Å². The molecule has 1 heterocycles. The second kappa shape index (κ2) is 8.70. The van der Waals surface area contributed by atoms with E-state index in [9.17, 15) is 9.59 Å². The Labute approximate surface area is 157 Å². The highest BCUT2D eigenvalue weighted by atomic mass is 16.2. The topological polar surface area (TPSA) is 49.4 Å². The van der Waals surface area contributed by atoms with Crippen LogP contribution in [-0.4, -0.2) is 35.8 Å². The summed E-state index contributed by atoms with van der Waals surface area (Å²) in [6.45, 7) is 5.75. The molecule has 0 radical (unpaired) electrons. The number of amides is 2. The molecule has 1 saturated heterocycles. The van der Waals surface area contributed by atoms with E-state index < -0.39 is 0 Å². The third-order valence-corrected chi connectivity index (χ3v) is 5.55. The molecule has 1 aromatic carbocycles. The van der Waals surface area contributed by atoms with Crippen LogP contribution in [0.15, 0.2) is 24.3 Å². The number of aryl methyl sites for hydroxylation is 1. The molecule has 2 aliphatic rings. The maximum Gasteiger partial charge on any atom is 0.225 e. The first-order chi connectivity index (χ1) is 12.5. The van der Waals surface area contributed by atoms with Gasteiger partial charge in [0, 0.05) is 31.5 Å². The van der Waals surface area contributed by atoms with E-state index in [1.807, 2.05) is 18.7 Å². The van der Waals surface area contributed by atoms with Crippen molar-refractivity contribution in [1.29, 1.82) is 0 Å². The van der Waals surface area contributed by atoms with E-state index in [0.717, 1.165) is 51.6 Å². The van der Waals surface area contributed by atoms with Gasteiger partial charge in [-0.05, 0) is 55.6 Å². The Morgan fingerprint density at radius 2 is 1.65 bits per heavy atom. The molecular formula is C22H32N2O2. The fraction of sp³-hybridized carbons (Fsp3) is 0.636. The molecule has 0 bridgehead atoms. The lowest BCUT2D eigenvalue weighted by Crippen LogP contribution is -2.40. The van der Waals surface area contributed by atoms with Crippen LogP contribution in [0.25, 0.3) is 0 Å². The van der Waals surface area contributed by atoms with Gasteiger partial charge in [-0.1, -0.05) is 38.1 Å². The average molecular weight is 357 g/mol. The number of likely N-dealkylation sites (tertiary alicyclic amines) is 1. The van der Waals surface area contributed by atoms with Gasteiger partial charge < -0.3 is 10.2 Å². The van der Waals surface area contributed by atoms with Gasteiger partial charge in [-0.3, -0.25) is 9.59 Å². The molecule has 0 aromatic heterocycles. The standard InChI is InChI=1S/C22H32N2O2/c1-16(2)22(26)24-13-11-19(12-14-24)15-18-5-3-17(4-6-18)7-10-21(25)23-20-8-9-20/h3-6,16,19-20H,7-15H2,1-2H3,(H,23,25). The summed E-state index contributed by atoms with van der Waals surface area (Å²) in [6.07, 6.45) is 6.97. The van der Waals surface area contributed by atoms with E-state index in [1.54, 1.807) is 0 Å². The number of carbonyl (C=O) groups is 2. The number of nitrogens with one attached hydrogen (secondary N) is 1. The summed E-state index contributed by atoms with van der Waals surface area (Å²) in [5.74, 6) is 1.24. The van der Waals surface area contributed by atoms with Crippen molar-refractivity contribution in [3.05, 3.63) is 35.4 Å². The van der Waals surface area contributed by atoms with Crippen LogP contribution < -0.4 is 5.32 Å². The first-order valence-electron chi connectivity index (χ1n) is 10.2. The van der Waals surface area contributed by atoms with Gasteiger partial charge >= 0.3 is 0 Å². The van der Waals surface area contributed by atoms with E-state index in [4.69, 9.17) is 0 Å². The number of hydrogen-bond acceptors (Lipinski definition) is 2. The van der Waals surface area contributed by atoms with Gasteiger partial charge in [-0.25, -0.2) is 0 Å². The molecule has 142 valence electrons. The van der Waals surface area contributed by atoms with Crippen LogP contribution in [0.4, 0.5) is 0 Å². The van der Waals surface area contributed by atoms with Crippen LogP contribution in [0.1, 0.15) is 57.1 Å². The van der Waals surface area contributed by atoms with Crippen molar-refractivity contribution in [3.63, 3.8) is 0 Å². The molecule has 1 N–H and O–H groups in total. The highest BCUT2D eigenvalue weighted by Gasteiger charge is 2.24. The van der Waals surface area contributed by atoms with Gasteiger partial charge in [0.05, 0.1) is 0 Å². The van der Waals surface area contributed by atoms with E-state index >= 15 is 0 Å². The summed E-state index contributed by atoms with van der Waals surface area (Å²) >= 11 is 0. The lowest BCUT2D eigenvalue weighted by Gasteiger charge is -2.33. The molecule has 2 amide bonds. The van der Waals surface area contributed by atoms with Crippen LogP contribution in [0.3, 0.4) is 0 Å². The zero-order chi connectivity index (χ0) is 18.5. The van der Waals surface area contributed by atoms with E-state index in [1.165, 1.54) is 11.1 Å². The number of rotatable bonds is 7. The SMILES string of the molecule is CC(C)C(=O)N1CCC(Cc2ccc(CCC(=O)NC3CC3)cc2)CC1. The number of piperidine rings is 1. The molecule has 1 aromatic rings. The first-order valence-corrected chi connectivity index (χ1v) is 10.2. The predicted octanol–water partition coefficient (Wildman–Crippen LogP) is 3.33. The maximum atomic E-state index is 12.1. The van der Waals surface area contributed by atoms with Gasteiger partial charge in [0.25, 0.3) is 0 Å². The van der Waals surface area contributed by atoms with Crippen molar-refractivity contribution in [1.82, 2.24) is 10.2 Å². The maximum absolute atomic E-state index is 12.1. The zero-order valence-corrected chi connectivity index (χ0v) is 16.2. The second-order valence-electron chi connectivity index (χ2n) is 8.29. The first kappa shape index (κ1) is 18.9. The molecule has 3 rings (SSSR count). The Kier molecular flexibility index (Phi) is 6.33. The average Bonchev–Trinajstić information content (AvgIpc) is 3.45. The summed E-state index contributed by atoms with van der Waals surface area (Å²) in [4.78, 5) is 25.9. The van der Waals surface area contributed by atoms with Crippen molar-refractivity contribution in [3.8, 4) is 0 Å². The molecule has 0 spiro atoms. The van der Waals surface area contributed by atoms with Crippen LogP contribution in [0.5, 0.6) is 0 Å². The van der Waals surface area contributed by atoms with Crippen molar-refractivity contribution < 1.29 is 9.59 Å². The van der Waals surface area contributed by atoms with E-state index in [0.29, 0.717) is 24.3 Å². The number of nitrogens with zero attached hydrogens (tertiary/aromatic N) is 1. The molecule has 0 atom stereocenters. The fourth-order valence-corrected chi connectivity index (χ4v) is 3.68. The summed E-state index contributed by atoms with van der Waals surface area (Å²) in [7, 11) is 0. The lowest BCUT2D eigenvalue weighted by atomic mass is 9.89. The monoisotopic (exact) mass is 356 g/mol. The fourth-order valence-electron chi connectivity index (χ4n) is 3.68. The van der Waals surface area contributed by atoms with Crippen LogP contribution in [0.2, 0.25) is 0 Å². The minimum atomic E-state index is 0.102. The third kappa shape index (κ3) is 5.58. The number of benzene rings is 1. The minimum Gasteiger partial charge on any atom is -0.353 e. The summed E-state index contributed by atoms with van der Waals surface area (Å²) in [5, 5.41) is 3.04. The van der Waals surface area contributed by atoms with Gasteiger partial charge in [0.15, 0.2) is 0 Å². The lowest BCUT2D eigenvalue weighted by molar-refractivity contribution is -0.135. The van der Waals surface area contributed by atoms with Crippen LogP contribution in [0, 0.1) is 11.8 Å². The Morgan fingerprint density at radius 1 is 1.04 bits per heavy atom. The number of hydrogen-bond donors (Lipinski definition) is 1. The molecule has 1 saturated carbocycles. The van der Waals surface area contributed by atoms with Gasteiger partial charge in [-0.2, -0.15) is 0 Å². The Morgan fingerprint density at radius 3 is 2.23 bits per heavy atom. The van der Waals surface area contributed by atoms with E-state index in [-0.39, 0.29) is 11.8 Å². The van der Waals surface area contributed by atoms with Gasteiger partial charge in [-0.15, -0.1) is 0 Å². The molecule has 2 fully saturated rings. The molecule has 26 heavy (non-hydrogen) atoms. The largest absolute Gasteiger partial charge is 0.353 e. The van der Waals surface area contributed by atoms with Crippen molar-refractivity contribution in [2.45, 2.75) is 64.8 Å². The molecule has 1 aliphatic heterocycles. The van der Waals surface area contributed by atoms with E-state index in [2.05, 4.69) is 29.6 Å². The summed E-state index contributed by atoms with van der Waals surface area (Å²) < 4.78 is 0.